The molecule has 2 saturated carbocycles. The van der Waals surface area contributed by atoms with E-state index in [1.165, 1.54) is 16.9 Å². The Bertz CT molecular complexity index is 2090. The van der Waals surface area contributed by atoms with Gasteiger partial charge in [-0.05, 0) is 112 Å². The fraction of sp³-hybridized carbons (Fsp3) is 0.444. The minimum atomic E-state index is -0.761. The van der Waals surface area contributed by atoms with Crippen molar-refractivity contribution in [3.8, 4) is 16.2 Å². The monoisotopic (exact) mass is 813 g/mol. The average Bonchev–Trinajstić information content (AvgIpc) is 3.97. The number of thiophene rings is 1. The number of hydrogen-bond donors (Lipinski definition) is 0. The van der Waals surface area contributed by atoms with E-state index in [-0.39, 0.29) is 35.5 Å². The van der Waals surface area contributed by atoms with Crippen molar-refractivity contribution in [2.45, 2.75) is 84.2 Å². The Morgan fingerprint density at radius 2 is 1.62 bits per heavy atom. The molecule has 56 heavy (non-hydrogen) atoms. The quantitative estimate of drug-likeness (QED) is 0.121. The van der Waals surface area contributed by atoms with Gasteiger partial charge < -0.3 is 14.2 Å². The lowest BCUT2D eigenvalue weighted by atomic mass is 9.89. The molecule has 0 spiro atoms. The molecule has 2 aliphatic heterocycles. The normalized spacial score (nSPS) is 24.8. The number of ketones is 4. The number of rotatable bonds is 9. The molecule has 11 heteroatoms. The fourth-order valence-corrected chi connectivity index (χ4v) is 10.2. The van der Waals surface area contributed by atoms with E-state index in [4.69, 9.17) is 25.8 Å². The molecule has 8 rings (SSSR count). The summed E-state index contributed by atoms with van der Waals surface area (Å²) in [6, 6.07) is 17.5. The van der Waals surface area contributed by atoms with Gasteiger partial charge in [0.2, 0.25) is 0 Å². The molecule has 5 unspecified atom stereocenters. The molecule has 5 atom stereocenters. The maximum atomic E-state index is 13.1. The van der Waals surface area contributed by atoms with E-state index in [9.17, 15) is 19.2 Å². The predicted molar refractivity (Wildman–Crippen MR) is 220 cm³/mol. The van der Waals surface area contributed by atoms with Gasteiger partial charge in [-0.2, -0.15) is 0 Å². The number of aromatic nitrogens is 1. The molecule has 4 aliphatic rings. The van der Waals surface area contributed by atoms with Gasteiger partial charge in [0.15, 0.2) is 17.3 Å². The summed E-state index contributed by atoms with van der Waals surface area (Å²) in [5.41, 5.74) is 4.38. The summed E-state index contributed by atoms with van der Waals surface area (Å²) >= 11 is 9.09. The van der Waals surface area contributed by atoms with Gasteiger partial charge in [0, 0.05) is 64.8 Å². The Hall–Kier alpha value is -3.80. The molecule has 2 aliphatic carbocycles. The molecule has 2 saturated heterocycles. The number of ether oxygens (including phenoxy) is 3. The summed E-state index contributed by atoms with van der Waals surface area (Å²) in [6.45, 7) is 9.27. The summed E-state index contributed by atoms with van der Waals surface area (Å²) in [6.07, 6.45) is 7.32. The van der Waals surface area contributed by atoms with Crippen LogP contribution < -0.4 is 4.74 Å². The number of carbonyl (C=O) groups is 4. The van der Waals surface area contributed by atoms with Crippen molar-refractivity contribution in [3.05, 3.63) is 103 Å². The van der Waals surface area contributed by atoms with Crippen molar-refractivity contribution in [3.63, 3.8) is 0 Å². The molecule has 0 amide bonds. The maximum Gasteiger partial charge on any atom is 0.175 e. The van der Waals surface area contributed by atoms with Crippen LogP contribution in [0, 0.1) is 38.5 Å². The van der Waals surface area contributed by atoms with Crippen LogP contribution >= 0.6 is 34.3 Å². The van der Waals surface area contributed by atoms with Gasteiger partial charge in [0.25, 0.3) is 0 Å². The number of nitrogens with zero attached hydrogens (tertiary/aromatic N) is 1. The van der Waals surface area contributed by atoms with Crippen LogP contribution in [0.4, 0.5) is 0 Å². The lowest BCUT2D eigenvalue weighted by Gasteiger charge is -2.13. The number of halogens is 1. The lowest BCUT2D eigenvalue weighted by Crippen LogP contribution is -2.17. The zero-order chi connectivity index (χ0) is 39.3. The van der Waals surface area contributed by atoms with Crippen LogP contribution in [0.25, 0.3) is 10.4 Å². The number of benzene rings is 2. The van der Waals surface area contributed by atoms with Crippen LogP contribution in [-0.2, 0) is 35.3 Å². The van der Waals surface area contributed by atoms with E-state index >= 15 is 0 Å². The minimum absolute atomic E-state index is 0.0458. The van der Waals surface area contributed by atoms with E-state index in [1.807, 2.05) is 81.4 Å². The van der Waals surface area contributed by atoms with E-state index < -0.39 is 11.8 Å². The molecule has 0 radical (unpaired) electrons. The predicted octanol–water partition coefficient (Wildman–Crippen LogP) is 9.75. The first-order chi connectivity index (χ1) is 27.0. The van der Waals surface area contributed by atoms with E-state index in [1.54, 1.807) is 11.3 Å². The third-order valence-electron chi connectivity index (χ3n) is 11.2. The van der Waals surface area contributed by atoms with Crippen molar-refractivity contribution in [1.82, 2.24) is 4.98 Å². The number of hydrogen-bond acceptors (Lipinski definition) is 10. The molecular weight excluding hydrogens is 766 g/mol. The maximum absolute atomic E-state index is 13.1. The third kappa shape index (κ3) is 9.48. The summed E-state index contributed by atoms with van der Waals surface area (Å²) in [4.78, 5) is 59.1. The number of aryl methyl sites for hydroxylation is 3. The largest absolute Gasteiger partial charge is 0.486 e. The standard InChI is InChI=1S/C24H27NO4S.C21H21ClO3S/c1-15-5-7-19(8-6-15)29-14-21-25-23(16(2)30-21)22-20(26)13-18(24(22)27)12-17-4-3-10-28-11-9-17;1-12-17(10-19(26-12)14-2-4-16(22)5-3-14)20-18(23)9-15(21(20)24)8-13-6-7-25-11-13/h5-8,12,17,22H,3-4,9-11,13-14H2,1-2H3;2-5,10,13,15,20H,6-9,11H2,1H3/b18-12+;. The zero-order valence-electron chi connectivity index (χ0n) is 32.1. The number of carbonyl (C=O) groups excluding carboxylic acids is 4. The first kappa shape index (κ1) is 40.4. The molecule has 8 nitrogen and oxygen atoms in total. The highest BCUT2D eigenvalue weighted by Gasteiger charge is 2.44. The van der Waals surface area contributed by atoms with E-state index in [0.29, 0.717) is 41.2 Å². The molecule has 2 aromatic heterocycles. The molecule has 294 valence electrons. The zero-order valence-corrected chi connectivity index (χ0v) is 34.5. The number of allylic oxidation sites excluding steroid dienone is 2. The minimum Gasteiger partial charge on any atom is -0.486 e. The molecule has 2 aromatic carbocycles. The second-order valence-corrected chi connectivity index (χ2v) is 18.4. The van der Waals surface area contributed by atoms with Crippen LogP contribution in [0.5, 0.6) is 5.75 Å². The lowest BCUT2D eigenvalue weighted by molar-refractivity contribution is -0.125. The summed E-state index contributed by atoms with van der Waals surface area (Å²) in [5.74, 6) is 0.0742. The van der Waals surface area contributed by atoms with Crippen molar-refractivity contribution in [1.29, 1.82) is 0 Å². The number of thiazole rings is 1. The van der Waals surface area contributed by atoms with Crippen molar-refractivity contribution < 1.29 is 33.4 Å². The first-order valence-corrected chi connectivity index (χ1v) is 21.6. The Labute approximate surface area is 341 Å². The Morgan fingerprint density at radius 3 is 2.38 bits per heavy atom. The Balaban J connectivity index is 0.000000173. The van der Waals surface area contributed by atoms with Gasteiger partial charge in [-0.3, -0.25) is 19.2 Å². The van der Waals surface area contributed by atoms with Crippen molar-refractivity contribution in [2.24, 2.45) is 17.8 Å². The Morgan fingerprint density at radius 1 is 0.857 bits per heavy atom. The smallest absolute Gasteiger partial charge is 0.175 e. The van der Waals surface area contributed by atoms with Crippen LogP contribution in [0.3, 0.4) is 0 Å². The molecule has 4 fully saturated rings. The Kier molecular flexibility index (Phi) is 13.1. The second-order valence-electron chi connectivity index (χ2n) is 15.4. The van der Waals surface area contributed by atoms with Gasteiger partial charge in [-0.15, -0.1) is 22.7 Å². The number of Topliss-reactive ketones (excluding diaryl/α,β-unsaturated/α-hetero) is 4. The second kappa shape index (κ2) is 18.2. The van der Waals surface area contributed by atoms with Crippen molar-refractivity contribution >= 4 is 57.4 Å². The highest BCUT2D eigenvalue weighted by Crippen LogP contribution is 2.42. The van der Waals surface area contributed by atoms with Gasteiger partial charge in [-0.25, -0.2) is 4.98 Å². The first-order valence-electron chi connectivity index (χ1n) is 19.6. The average molecular weight is 814 g/mol. The van der Waals surface area contributed by atoms with Gasteiger partial charge >= 0.3 is 0 Å². The highest BCUT2D eigenvalue weighted by molar-refractivity contribution is 7.15. The van der Waals surface area contributed by atoms with Gasteiger partial charge in [0.05, 0.1) is 5.69 Å². The van der Waals surface area contributed by atoms with Crippen LogP contribution in [0.2, 0.25) is 5.02 Å². The molecule has 0 bridgehead atoms. The third-order valence-corrected chi connectivity index (χ3v) is 13.6. The molecule has 4 heterocycles. The van der Waals surface area contributed by atoms with Crippen LogP contribution in [0.15, 0.2) is 66.2 Å². The topological polar surface area (TPSA) is 109 Å². The molecular formula is C45H48ClNO7S2. The van der Waals surface area contributed by atoms with Crippen LogP contribution in [0.1, 0.15) is 88.4 Å². The van der Waals surface area contributed by atoms with E-state index in [2.05, 4.69) is 4.98 Å². The summed E-state index contributed by atoms with van der Waals surface area (Å²) in [7, 11) is 0. The summed E-state index contributed by atoms with van der Waals surface area (Å²) in [5, 5.41) is 1.48. The van der Waals surface area contributed by atoms with Crippen LogP contribution in [-0.4, -0.2) is 54.5 Å². The van der Waals surface area contributed by atoms with Gasteiger partial charge in [-0.1, -0.05) is 47.5 Å². The molecule has 4 aromatic rings. The van der Waals surface area contributed by atoms with Crippen molar-refractivity contribution in [2.75, 3.05) is 26.4 Å². The highest BCUT2D eigenvalue weighted by atomic mass is 35.5. The molecule has 0 N–H and O–H groups in total. The fourth-order valence-electron chi connectivity index (χ4n) is 8.17. The van der Waals surface area contributed by atoms with Gasteiger partial charge in [0.1, 0.15) is 35.0 Å². The summed E-state index contributed by atoms with van der Waals surface area (Å²) < 4.78 is 16.7. The SMILES string of the molecule is Cc1ccc(OCc2nc(C3C(=O)C/C(=C\C4CCCOCC4)C3=O)c(C)s2)cc1.Cc1sc(-c2ccc(Cl)cc2)cc1C1C(=O)CC(CC2CCOC2)C1=O. The van der Waals surface area contributed by atoms with E-state index in [0.717, 1.165) is 95.0 Å².